The maximum Gasteiger partial charge on any atom is 0.150 e. The van der Waals surface area contributed by atoms with Gasteiger partial charge >= 0.3 is 0 Å². The van der Waals surface area contributed by atoms with Gasteiger partial charge in [0.25, 0.3) is 0 Å². The lowest BCUT2D eigenvalue weighted by Crippen LogP contribution is -2.41. The van der Waals surface area contributed by atoms with Gasteiger partial charge in [-0.05, 0) is 19.9 Å². The van der Waals surface area contributed by atoms with E-state index in [-0.39, 0.29) is 0 Å². The molecule has 0 amide bonds. The number of hydrogen-bond donors (Lipinski definition) is 1. The van der Waals surface area contributed by atoms with Crippen molar-refractivity contribution in [1.29, 1.82) is 0 Å². The fourth-order valence-electron chi connectivity index (χ4n) is 1.70. The number of nitrogens with two attached hydrogens (primary N) is 1. The minimum absolute atomic E-state index is 0.340. The highest BCUT2D eigenvalue weighted by atomic mass is 32.2. The lowest BCUT2D eigenvalue weighted by molar-refractivity contribution is 0.232. The molecule has 0 unspecified atom stereocenters. The van der Waals surface area contributed by atoms with E-state index in [1.165, 1.54) is 0 Å². The van der Waals surface area contributed by atoms with Crippen LogP contribution in [0.2, 0.25) is 0 Å². The molecule has 0 spiro atoms. The summed E-state index contributed by atoms with van der Waals surface area (Å²) in [4.78, 5) is 2.16. The minimum Gasteiger partial charge on any atom is -0.329 e. The first-order valence-corrected chi connectivity index (χ1v) is 6.48. The van der Waals surface area contributed by atoms with Gasteiger partial charge in [-0.15, -0.1) is 0 Å². The Bertz CT molecular complexity index is 237. The molecule has 0 radical (unpaired) electrons. The molecular formula is C8H18N2O2S. The van der Waals surface area contributed by atoms with Crippen molar-refractivity contribution in [2.24, 2.45) is 5.73 Å². The van der Waals surface area contributed by atoms with E-state index in [0.29, 0.717) is 24.1 Å². The molecule has 0 saturated carbocycles. The third-order valence-corrected chi connectivity index (χ3v) is 4.34. The molecule has 1 rings (SSSR count). The Labute approximate surface area is 80.0 Å². The zero-order chi connectivity index (χ0) is 9.90. The average Bonchev–Trinajstić information content (AvgIpc) is 2.04. The predicted octanol–water partition coefficient (Wildman–Crippen LogP) is -0.546. The molecule has 1 saturated heterocycles. The van der Waals surface area contributed by atoms with Gasteiger partial charge in [-0.1, -0.05) is 0 Å². The van der Waals surface area contributed by atoms with Crippen molar-refractivity contribution in [3.05, 3.63) is 0 Å². The quantitative estimate of drug-likeness (QED) is 0.673. The van der Waals surface area contributed by atoms with E-state index in [1.807, 2.05) is 7.05 Å². The van der Waals surface area contributed by atoms with E-state index >= 15 is 0 Å². The topological polar surface area (TPSA) is 63.4 Å². The van der Waals surface area contributed by atoms with Gasteiger partial charge in [-0.3, -0.25) is 0 Å². The Morgan fingerprint density at radius 2 is 1.92 bits per heavy atom. The Morgan fingerprint density at radius 1 is 1.38 bits per heavy atom. The van der Waals surface area contributed by atoms with E-state index in [1.54, 1.807) is 0 Å². The molecule has 1 heterocycles. The minimum atomic E-state index is -2.72. The van der Waals surface area contributed by atoms with E-state index in [0.717, 1.165) is 19.4 Å². The number of sulfone groups is 1. The molecule has 0 atom stereocenters. The van der Waals surface area contributed by atoms with Crippen molar-refractivity contribution in [3.8, 4) is 0 Å². The normalized spacial score (nSPS) is 23.6. The molecule has 13 heavy (non-hydrogen) atoms. The molecule has 0 aliphatic carbocycles. The van der Waals surface area contributed by atoms with Crippen LogP contribution in [-0.4, -0.2) is 51.0 Å². The molecule has 5 heteroatoms. The summed E-state index contributed by atoms with van der Waals surface area (Å²) < 4.78 is 22.3. The first-order valence-electron chi connectivity index (χ1n) is 4.66. The van der Waals surface area contributed by atoms with Crippen LogP contribution < -0.4 is 5.73 Å². The second kappa shape index (κ2) is 4.39. The summed E-state index contributed by atoms with van der Waals surface area (Å²) >= 11 is 0. The zero-order valence-corrected chi connectivity index (χ0v) is 8.89. The maximum atomic E-state index is 11.1. The summed E-state index contributed by atoms with van der Waals surface area (Å²) in [6, 6.07) is 0.409. The van der Waals surface area contributed by atoms with Crippen LogP contribution in [-0.2, 0) is 9.84 Å². The molecule has 1 fully saturated rings. The van der Waals surface area contributed by atoms with Gasteiger partial charge in [-0.2, -0.15) is 0 Å². The third kappa shape index (κ3) is 3.25. The molecule has 1 aliphatic rings. The van der Waals surface area contributed by atoms with Gasteiger partial charge < -0.3 is 10.6 Å². The van der Waals surface area contributed by atoms with Crippen LogP contribution in [0, 0.1) is 0 Å². The van der Waals surface area contributed by atoms with Crippen molar-refractivity contribution < 1.29 is 8.42 Å². The molecule has 1 aliphatic heterocycles. The second-order valence-electron chi connectivity index (χ2n) is 3.65. The van der Waals surface area contributed by atoms with E-state index < -0.39 is 9.84 Å². The fourth-order valence-corrected chi connectivity index (χ4v) is 3.17. The smallest absolute Gasteiger partial charge is 0.150 e. The van der Waals surface area contributed by atoms with Gasteiger partial charge in [0.05, 0.1) is 11.5 Å². The zero-order valence-electron chi connectivity index (χ0n) is 8.07. The molecule has 0 bridgehead atoms. The number of rotatable bonds is 3. The Kier molecular flexibility index (Phi) is 3.70. The van der Waals surface area contributed by atoms with Crippen LogP contribution in [0.4, 0.5) is 0 Å². The van der Waals surface area contributed by atoms with Crippen molar-refractivity contribution in [2.75, 3.05) is 31.6 Å². The largest absolute Gasteiger partial charge is 0.329 e. The Balaban J connectivity index is 2.40. The molecule has 4 nitrogen and oxygen atoms in total. The number of nitrogens with zero attached hydrogens (tertiary/aromatic N) is 1. The monoisotopic (exact) mass is 206 g/mol. The van der Waals surface area contributed by atoms with Gasteiger partial charge in [0.1, 0.15) is 9.84 Å². The maximum absolute atomic E-state index is 11.1. The predicted molar refractivity (Wildman–Crippen MR) is 53.4 cm³/mol. The molecular weight excluding hydrogens is 188 g/mol. The highest BCUT2D eigenvalue weighted by Crippen LogP contribution is 2.16. The molecule has 0 aromatic rings. The summed E-state index contributed by atoms with van der Waals surface area (Å²) in [5.41, 5.74) is 5.43. The van der Waals surface area contributed by atoms with Crippen molar-refractivity contribution in [1.82, 2.24) is 4.90 Å². The van der Waals surface area contributed by atoms with E-state index in [9.17, 15) is 8.42 Å². The lowest BCUT2D eigenvalue weighted by Gasteiger charge is -2.30. The molecule has 0 aromatic heterocycles. The molecule has 0 aromatic carbocycles. The van der Waals surface area contributed by atoms with Crippen molar-refractivity contribution in [2.45, 2.75) is 18.9 Å². The van der Waals surface area contributed by atoms with Gasteiger partial charge in [-0.25, -0.2) is 8.42 Å². The summed E-state index contributed by atoms with van der Waals surface area (Å²) in [6.07, 6.45) is 1.53. The summed E-state index contributed by atoms with van der Waals surface area (Å²) in [5, 5.41) is 0. The third-order valence-electron chi connectivity index (χ3n) is 2.63. The average molecular weight is 206 g/mol. The second-order valence-corrected chi connectivity index (χ2v) is 5.96. The number of hydrogen-bond acceptors (Lipinski definition) is 4. The first-order chi connectivity index (χ1) is 6.05. The van der Waals surface area contributed by atoms with Crippen molar-refractivity contribution >= 4 is 9.84 Å². The highest BCUT2D eigenvalue weighted by Gasteiger charge is 2.25. The van der Waals surface area contributed by atoms with Crippen LogP contribution in [0.3, 0.4) is 0 Å². The summed E-state index contributed by atoms with van der Waals surface area (Å²) in [6.45, 7) is 1.49. The highest BCUT2D eigenvalue weighted by molar-refractivity contribution is 7.91. The van der Waals surface area contributed by atoms with Crippen LogP contribution in [0.1, 0.15) is 12.8 Å². The van der Waals surface area contributed by atoms with Crippen molar-refractivity contribution in [3.63, 3.8) is 0 Å². The van der Waals surface area contributed by atoms with Gasteiger partial charge in [0.15, 0.2) is 0 Å². The Hall–Kier alpha value is -0.130. The standard InChI is InChI=1S/C8H18N2O2S/c1-10(5-4-9)8-2-6-13(11,12)7-3-8/h8H,2-7,9H2,1H3. The van der Waals surface area contributed by atoms with Crippen LogP contribution >= 0.6 is 0 Å². The van der Waals surface area contributed by atoms with Crippen LogP contribution in [0.15, 0.2) is 0 Å². The number of likely N-dealkylation sites (N-methyl/N-ethyl adjacent to an activating group) is 1. The first kappa shape index (κ1) is 10.9. The summed E-state index contributed by atoms with van der Waals surface area (Å²) in [5.74, 6) is 0.680. The van der Waals surface area contributed by atoms with Crippen LogP contribution in [0.5, 0.6) is 0 Å². The van der Waals surface area contributed by atoms with Gasteiger partial charge in [0.2, 0.25) is 0 Å². The summed E-state index contributed by atoms with van der Waals surface area (Å²) in [7, 11) is -0.713. The SMILES string of the molecule is CN(CCN)C1CCS(=O)(=O)CC1. The molecule has 78 valence electrons. The Morgan fingerprint density at radius 3 is 2.38 bits per heavy atom. The van der Waals surface area contributed by atoms with E-state index in [2.05, 4.69) is 4.90 Å². The van der Waals surface area contributed by atoms with Gasteiger partial charge in [0, 0.05) is 19.1 Å². The van der Waals surface area contributed by atoms with Crippen LogP contribution in [0.25, 0.3) is 0 Å². The lowest BCUT2D eigenvalue weighted by atomic mass is 10.1. The molecule has 2 N–H and O–H groups in total. The van der Waals surface area contributed by atoms with E-state index in [4.69, 9.17) is 5.73 Å². The fraction of sp³-hybridized carbons (Fsp3) is 1.00.